The number of carbonyl (C=O) groups is 2. The summed E-state index contributed by atoms with van der Waals surface area (Å²) in [5.74, 6) is -0.513. The summed E-state index contributed by atoms with van der Waals surface area (Å²) in [6.07, 6.45) is 0. The molecule has 126 valence electrons. The summed E-state index contributed by atoms with van der Waals surface area (Å²) >= 11 is 1.44. The maximum Gasteiger partial charge on any atom is 0.264 e. The zero-order valence-corrected chi connectivity index (χ0v) is 13.9. The van der Waals surface area contributed by atoms with Crippen LogP contribution in [0.3, 0.4) is 0 Å². The van der Waals surface area contributed by atoms with Gasteiger partial charge in [0.25, 0.3) is 5.91 Å². The molecule has 2 heterocycles. The molecule has 1 aliphatic heterocycles. The highest BCUT2D eigenvalue weighted by Crippen LogP contribution is 2.14. The molecule has 0 bridgehead atoms. The van der Waals surface area contributed by atoms with E-state index in [2.05, 4.69) is 5.32 Å². The van der Waals surface area contributed by atoms with E-state index in [9.17, 15) is 14.0 Å². The lowest BCUT2D eigenvalue weighted by Gasteiger charge is -2.34. The lowest BCUT2D eigenvalue weighted by atomic mass is 10.2. The number of amides is 2. The molecule has 24 heavy (non-hydrogen) atoms. The first-order chi connectivity index (χ1) is 11.6. The van der Waals surface area contributed by atoms with Crippen LogP contribution >= 0.6 is 11.3 Å². The van der Waals surface area contributed by atoms with E-state index < -0.39 is 0 Å². The van der Waals surface area contributed by atoms with Crippen LogP contribution in [0.5, 0.6) is 0 Å². The van der Waals surface area contributed by atoms with Gasteiger partial charge in [0.05, 0.1) is 11.4 Å². The van der Waals surface area contributed by atoms with Crippen molar-refractivity contribution in [2.45, 2.75) is 0 Å². The normalized spacial score (nSPS) is 15.3. The maximum atomic E-state index is 13.1. The number of nitrogens with one attached hydrogen (secondary N) is 1. The summed E-state index contributed by atoms with van der Waals surface area (Å²) < 4.78 is 13.1. The van der Waals surface area contributed by atoms with Gasteiger partial charge in [-0.1, -0.05) is 12.1 Å². The van der Waals surface area contributed by atoms with Crippen molar-refractivity contribution in [3.05, 3.63) is 52.5 Å². The van der Waals surface area contributed by atoms with Crippen molar-refractivity contribution >= 4 is 28.8 Å². The molecule has 0 spiro atoms. The first-order valence-corrected chi connectivity index (χ1v) is 8.60. The Hall–Kier alpha value is -2.25. The van der Waals surface area contributed by atoms with Crippen LogP contribution in [0.1, 0.15) is 9.67 Å². The molecule has 2 aromatic rings. The average molecular weight is 347 g/mol. The maximum absolute atomic E-state index is 13.1. The minimum absolute atomic E-state index is 0.0499. The van der Waals surface area contributed by atoms with E-state index in [4.69, 9.17) is 0 Å². The van der Waals surface area contributed by atoms with Gasteiger partial charge >= 0.3 is 0 Å². The van der Waals surface area contributed by atoms with Crippen LogP contribution in [0.2, 0.25) is 0 Å². The number of thiophene rings is 1. The number of nitrogens with zero attached hydrogens (tertiary/aromatic N) is 2. The molecule has 1 N–H and O–H groups in total. The van der Waals surface area contributed by atoms with Crippen LogP contribution in [0, 0.1) is 5.82 Å². The molecular weight excluding hydrogens is 329 g/mol. The zero-order valence-electron chi connectivity index (χ0n) is 13.1. The number of hydrogen-bond donors (Lipinski definition) is 1. The summed E-state index contributed by atoms with van der Waals surface area (Å²) in [5, 5.41) is 4.58. The molecule has 1 aliphatic rings. The summed E-state index contributed by atoms with van der Waals surface area (Å²) in [5.41, 5.74) is 0.450. The molecule has 0 atom stereocenters. The molecule has 0 unspecified atom stereocenters. The Balaban J connectivity index is 1.47. The van der Waals surface area contributed by atoms with Crippen LogP contribution in [-0.2, 0) is 4.79 Å². The summed E-state index contributed by atoms with van der Waals surface area (Å²) in [6, 6.07) is 9.52. The molecule has 1 saturated heterocycles. The third kappa shape index (κ3) is 4.18. The first kappa shape index (κ1) is 16.6. The molecule has 1 aromatic carbocycles. The molecule has 2 amide bonds. The standard InChI is InChI=1S/C17H18FN3O2S/c18-13-3-1-4-14(11-13)19-16(22)12-20-6-8-21(9-7-20)17(23)15-5-2-10-24-15/h1-5,10-11H,6-9,12H2,(H,19,22). The van der Waals surface area contributed by atoms with Crippen LogP contribution in [0.15, 0.2) is 41.8 Å². The lowest BCUT2D eigenvalue weighted by molar-refractivity contribution is -0.117. The third-order valence-corrected chi connectivity index (χ3v) is 4.72. The molecule has 0 radical (unpaired) electrons. The topological polar surface area (TPSA) is 52.7 Å². The third-order valence-electron chi connectivity index (χ3n) is 3.87. The molecule has 7 heteroatoms. The second-order valence-corrected chi connectivity index (χ2v) is 6.55. The molecule has 1 fully saturated rings. The van der Waals surface area contributed by atoms with Crippen molar-refractivity contribution in [2.24, 2.45) is 0 Å². The smallest absolute Gasteiger partial charge is 0.264 e. The fourth-order valence-electron chi connectivity index (χ4n) is 2.64. The molecule has 5 nitrogen and oxygen atoms in total. The SMILES string of the molecule is O=C(CN1CCN(C(=O)c2cccs2)CC1)Nc1cccc(F)c1. The van der Waals surface area contributed by atoms with Crippen molar-refractivity contribution in [3.8, 4) is 0 Å². The predicted octanol–water partition coefficient (Wildman–Crippen LogP) is 2.28. The second-order valence-electron chi connectivity index (χ2n) is 5.60. The molecule has 3 rings (SSSR count). The van der Waals surface area contributed by atoms with Crippen molar-refractivity contribution in [1.82, 2.24) is 9.80 Å². The number of hydrogen-bond acceptors (Lipinski definition) is 4. The highest BCUT2D eigenvalue weighted by Gasteiger charge is 2.23. The Morgan fingerprint density at radius 3 is 2.58 bits per heavy atom. The highest BCUT2D eigenvalue weighted by molar-refractivity contribution is 7.12. The van der Waals surface area contributed by atoms with Gasteiger partial charge in [-0.2, -0.15) is 0 Å². The first-order valence-electron chi connectivity index (χ1n) is 7.72. The fraction of sp³-hybridized carbons (Fsp3) is 0.294. The summed E-state index contributed by atoms with van der Waals surface area (Å²) in [4.78, 5) is 28.9. The number of benzene rings is 1. The monoisotopic (exact) mass is 347 g/mol. The van der Waals surface area contributed by atoms with Crippen LogP contribution in [0.4, 0.5) is 10.1 Å². The zero-order chi connectivity index (χ0) is 16.9. The Kier molecular flexibility index (Phi) is 5.22. The number of carbonyl (C=O) groups excluding carboxylic acids is 2. The molecule has 0 saturated carbocycles. The second kappa shape index (κ2) is 7.55. The van der Waals surface area contributed by atoms with E-state index in [-0.39, 0.29) is 24.2 Å². The minimum atomic E-state index is -0.381. The van der Waals surface area contributed by atoms with E-state index in [0.29, 0.717) is 31.9 Å². The molecule has 1 aromatic heterocycles. The van der Waals surface area contributed by atoms with Gasteiger partial charge in [0.1, 0.15) is 5.82 Å². The van der Waals surface area contributed by atoms with Crippen molar-refractivity contribution in [1.29, 1.82) is 0 Å². The van der Waals surface area contributed by atoms with Crippen molar-refractivity contribution in [2.75, 3.05) is 38.0 Å². The Morgan fingerprint density at radius 2 is 1.92 bits per heavy atom. The van der Waals surface area contributed by atoms with Gasteiger partial charge in [0.2, 0.25) is 5.91 Å². The summed E-state index contributed by atoms with van der Waals surface area (Å²) in [6.45, 7) is 2.73. The van der Waals surface area contributed by atoms with E-state index in [0.717, 1.165) is 4.88 Å². The van der Waals surface area contributed by atoms with Gasteiger partial charge in [0, 0.05) is 31.9 Å². The Morgan fingerprint density at radius 1 is 1.12 bits per heavy atom. The van der Waals surface area contributed by atoms with Gasteiger partial charge < -0.3 is 10.2 Å². The number of rotatable bonds is 4. The number of piperazine rings is 1. The van der Waals surface area contributed by atoms with Gasteiger partial charge in [0.15, 0.2) is 0 Å². The van der Waals surface area contributed by atoms with Crippen LogP contribution in [0.25, 0.3) is 0 Å². The Bertz CT molecular complexity index is 712. The highest BCUT2D eigenvalue weighted by atomic mass is 32.1. The average Bonchev–Trinajstić information content (AvgIpc) is 3.09. The quantitative estimate of drug-likeness (QED) is 0.923. The van der Waals surface area contributed by atoms with Gasteiger partial charge in [-0.25, -0.2) is 4.39 Å². The fourth-order valence-corrected chi connectivity index (χ4v) is 3.33. The van der Waals surface area contributed by atoms with E-state index in [1.165, 1.54) is 23.5 Å². The molecular formula is C17H18FN3O2S. The number of halogens is 1. The minimum Gasteiger partial charge on any atom is -0.335 e. The van der Waals surface area contributed by atoms with E-state index in [1.807, 2.05) is 27.3 Å². The largest absolute Gasteiger partial charge is 0.335 e. The predicted molar refractivity (Wildman–Crippen MR) is 91.7 cm³/mol. The van der Waals surface area contributed by atoms with E-state index >= 15 is 0 Å². The molecule has 0 aliphatic carbocycles. The number of anilines is 1. The van der Waals surface area contributed by atoms with Crippen LogP contribution < -0.4 is 5.32 Å². The van der Waals surface area contributed by atoms with Crippen molar-refractivity contribution < 1.29 is 14.0 Å². The lowest BCUT2D eigenvalue weighted by Crippen LogP contribution is -2.50. The van der Waals surface area contributed by atoms with E-state index in [1.54, 1.807) is 12.1 Å². The van der Waals surface area contributed by atoms with Gasteiger partial charge in [-0.3, -0.25) is 14.5 Å². The van der Waals surface area contributed by atoms with Gasteiger partial charge in [-0.15, -0.1) is 11.3 Å². The summed E-state index contributed by atoms with van der Waals surface area (Å²) in [7, 11) is 0. The Labute approximate surface area is 143 Å². The van der Waals surface area contributed by atoms with Crippen LogP contribution in [-0.4, -0.2) is 54.3 Å². The van der Waals surface area contributed by atoms with Crippen molar-refractivity contribution in [3.63, 3.8) is 0 Å². The van der Waals surface area contributed by atoms with Gasteiger partial charge in [-0.05, 0) is 29.6 Å².